The zero-order chi connectivity index (χ0) is 22.3. The lowest BCUT2D eigenvalue weighted by molar-refractivity contribution is -0.156. The predicted molar refractivity (Wildman–Crippen MR) is 102 cm³/mol. The summed E-state index contributed by atoms with van der Waals surface area (Å²) in [6.45, 7) is 2.93. The van der Waals surface area contributed by atoms with Gasteiger partial charge in [-0.2, -0.15) is 13.2 Å². The average molecular weight is 419 g/mol. The third-order valence-corrected chi connectivity index (χ3v) is 3.56. The number of alkyl halides is 3. The summed E-state index contributed by atoms with van der Waals surface area (Å²) in [4.78, 5) is 32.2. The fraction of sp³-hybridized carbons (Fsp3) is 0.526. The Morgan fingerprint density at radius 3 is 2.00 bits per heavy atom. The highest BCUT2D eigenvalue weighted by Crippen LogP contribution is 2.14. The molecule has 0 aromatic heterocycles. The first kappa shape index (κ1) is 26.4. The highest BCUT2D eigenvalue weighted by atomic mass is 19.4. The van der Waals surface area contributed by atoms with E-state index in [1.165, 1.54) is 24.8 Å². The van der Waals surface area contributed by atoms with Crippen molar-refractivity contribution in [3.05, 3.63) is 29.8 Å². The number of hydrogen-bond acceptors (Lipinski definition) is 5. The molecule has 0 bridgehead atoms. The molecule has 1 aromatic carbocycles. The van der Waals surface area contributed by atoms with Crippen LogP contribution in [0.15, 0.2) is 24.3 Å². The van der Waals surface area contributed by atoms with Crippen molar-refractivity contribution in [1.82, 2.24) is 4.90 Å². The van der Waals surface area contributed by atoms with Gasteiger partial charge in [0.1, 0.15) is 12.4 Å². The third kappa shape index (κ3) is 16.1. The molecule has 7 nitrogen and oxygen atoms in total. The number of ether oxygens (including phenoxy) is 1. The van der Waals surface area contributed by atoms with E-state index < -0.39 is 24.3 Å². The normalized spacial score (nSPS) is 10.8. The number of nitrogens with two attached hydrogens (primary N) is 2. The van der Waals surface area contributed by atoms with Gasteiger partial charge in [0.2, 0.25) is 18.1 Å². The first-order valence-electron chi connectivity index (χ1n) is 9.11. The minimum absolute atomic E-state index is 0.0112. The van der Waals surface area contributed by atoms with Crippen LogP contribution in [0.25, 0.3) is 0 Å². The molecule has 0 aliphatic rings. The first-order chi connectivity index (χ1) is 13.6. The lowest BCUT2D eigenvalue weighted by atomic mass is 10.1. The summed E-state index contributed by atoms with van der Waals surface area (Å²) in [5.41, 5.74) is 11.6. The van der Waals surface area contributed by atoms with Gasteiger partial charge in [0.05, 0.1) is 13.1 Å². The summed E-state index contributed by atoms with van der Waals surface area (Å²) < 4.78 is 36.9. The highest BCUT2D eigenvalue weighted by molar-refractivity contribution is 5.79. The van der Waals surface area contributed by atoms with Crippen LogP contribution in [0, 0.1) is 0 Å². The molecule has 0 aliphatic carbocycles. The van der Waals surface area contributed by atoms with Gasteiger partial charge in [0.25, 0.3) is 0 Å². The molecule has 0 unspecified atom stereocenters. The minimum atomic E-state index is -4.64. The molecule has 1 aromatic rings. The number of carbonyl (C=O) groups excluding carboxylic acids is 3. The molecule has 0 atom stereocenters. The van der Waals surface area contributed by atoms with E-state index in [0.717, 1.165) is 12.2 Å². The molecule has 4 N–H and O–H groups in total. The number of halogens is 3. The second kappa shape index (κ2) is 14.4. The van der Waals surface area contributed by atoms with Crippen molar-refractivity contribution in [2.24, 2.45) is 11.5 Å². The zero-order valence-corrected chi connectivity index (χ0v) is 16.4. The Morgan fingerprint density at radius 1 is 1.07 bits per heavy atom. The quantitative estimate of drug-likeness (QED) is 0.396. The van der Waals surface area contributed by atoms with Gasteiger partial charge >= 0.3 is 6.18 Å². The van der Waals surface area contributed by atoms with Crippen LogP contribution in [0.5, 0.6) is 5.75 Å². The third-order valence-electron chi connectivity index (χ3n) is 3.56. The lowest BCUT2D eigenvalue weighted by Crippen LogP contribution is -2.41. The van der Waals surface area contributed by atoms with Crippen LogP contribution >= 0.6 is 0 Å². The summed E-state index contributed by atoms with van der Waals surface area (Å²) in [6.07, 6.45) is -0.958. The van der Waals surface area contributed by atoms with E-state index in [1.807, 2.05) is 12.1 Å². The van der Waals surface area contributed by atoms with E-state index in [9.17, 15) is 22.8 Å². The molecule has 0 radical (unpaired) electrons. The summed E-state index contributed by atoms with van der Waals surface area (Å²) in [5, 5.41) is 0. The Labute approximate surface area is 168 Å². The van der Waals surface area contributed by atoms with Crippen molar-refractivity contribution in [3.63, 3.8) is 0 Å². The Balaban J connectivity index is 0.00000113. The maximum Gasteiger partial charge on any atom is 0.446 e. The summed E-state index contributed by atoms with van der Waals surface area (Å²) >= 11 is 0. The number of hydrogen-bond donors (Lipinski definition) is 2. The van der Waals surface area contributed by atoms with Crippen molar-refractivity contribution in [3.8, 4) is 5.75 Å². The summed E-state index contributed by atoms with van der Waals surface area (Å²) in [6, 6.07) is 8.01. The maximum absolute atomic E-state index is 11.0. The largest absolute Gasteiger partial charge is 0.492 e. The van der Waals surface area contributed by atoms with Crippen LogP contribution in [0.3, 0.4) is 0 Å². The van der Waals surface area contributed by atoms with Gasteiger partial charge < -0.3 is 16.2 Å². The van der Waals surface area contributed by atoms with Crippen LogP contribution in [0.2, 0.25) is 0 Å². The van der Waals surface area contributed by atoms with Gasteiger partial charge in [-0.1, -0.05) is 31.9 Å². The highest BCUT2D eigenvalue weighted by Gasteiger charge is 2.24. The molecule has 0 fully saturated rings. The number of nitrogens with zero attached hydrogens (tertiary/aromatic N) is 1. The van der Waals surface area contributed by atoms with Gasteiger partial charge in [0, 0.05) is 6.54 Å². The number of aldehydes is 1. The summed E-state index contributed by atoms with van der Waals surface area (Å²) in [7, 11) is 0. The molecule has 0 heterocycles. The Morgan fingerprint density at radius 2 is 1.59 bits per heavy atom. The van der Waals surface area contributed by atoms with Crippen LogP contribution in [0.1, 0.15) is 31.7 Å². The van der Waals surface area contributed by atoms with Gasteiger partial charge in [-0.05, 0) is 30.5 Å². The van der Waals surface area contributed by atoms with Gasteiger partial charge in [-0.15, -0.1) is 0 Å². The van der Waals surface area contributed by atoms with Crippen LogP contribution in [0.4, 0.5) is 13.2 Å². The number of carbonyl (C=O) groups is 3. The van der Waals surface area contributed by atoms with Crippen LogP contribution < -0.4 is 16.2 Å². The SMILES string of the molecule is CCCCCc1ccc(OCCN(CC(N)=O)CC(N)=O)cc1.O=CC(F)(F)F. The first-order valence-corrected chi connectivity index (χ1v) is 9.11. The van der Waals surface area contributed by atoms with Crippen molar-refractivity contribution >= 4 is 18.1 Å². The van der Waals surface area contributed by atoms with E-state index >= 15 is 0 Å². The number of primary amides is 2. The molecular formula is C19H28F3N3O4. The molecule has 0 saturated heterocycles. The zero-order valence-electron chi connectivity index (χ0n) is 16.4. The molecule has 2 amide bonds. The second-order valence-electron chi connectivity index (χ2n) is 6.25. The molecule has 164 valence electrons. The van der Waals surface area contributed by atoms with E-state index in [2.05, 4.69) is 19.1 Å². The predicted octanol–water partition coefficient (Wildman–Crippen LogP) is 1.82. The maximum atomic E-state index is 11.0. The monoisotopic (exact) mass is 419 g/mol. The second-order valence-corrected chi connectivity index (χ2v) is 6.25. The molecule has 0 spiro atoms. The van der Waals surface area contributed by atoms with E-state index in [-0.39, 0.29) is 13.1 Å². The fourth-order valence-electron chi connectivity index (χ4n) is 2.28. The van der Waals surface area contributed by atoms with Gasteiger partial charge in [-0.25, -0.2) is 0 Å². The van der Waals surface area contributed by atoms with Gasteiger partial charge in [-0.3, -0.25) is 19.3 Å². The number of benzene rings is 1. The molecule has 29 heavy (non-hydrogen) atoms. The van der Waals surface area contributed by atoms with Crippen molar-refractivity contribution < 1.29 is 32.3 Å². The molecule has 0 aliphatic heterocycles. The summed E-state index contributed by atoms with van der Waals surface area (Å²) in [5.74, 6) is -0.229. The number of aryl methyl sites for hydroxylation is 1. The van der Waals surface area contributed by atoms with E-state index in [0.29, 0.717) is 13.2 Å². The van der Waals surface area contributed by atoms with Crippen molar-refractivity contribution in [2.75, 3.05) is 26.2 Å². The molecule has 1 rings (SSSR count). The molecular weight excluding hydrogens is 391 g/mol. The van der Waals surface area contributed by atoms with Crippen LogP contribution in [-0.2, 0) is 20.8 Å². The van der Waals surface area contributed by atoms with Gasteiger partial charge in [0.15, 0.2) is 0 Å². The molecule has 0 saturated carbocycles. The van der Waals surface area contributed by atoms with E-state index in [1.54, 1.807) is 4.90 Å². The van der Waals surface area contributed by atoms with Crippen molar-refractivity contribution in [2.45, 2.75) is 38.8 Å². The Kier molecular flexibility index (Phi) is 13.1. The number of rotatable bonds is 12. The van der Waals surface area contributed by atoms with Crippen molar-refractivity contribution in [1.29, 1.82) is 0 Å². The smallest absolute Gasteiger partial charge is 0.446 e. The number of amides is 2. The fourth-order valence-corrected chi connectivity index (χ4v) is 2.28. The standard InChI is InChI=1S/C17H27N3O3.C2HF3O/c1-2-3-4-5-14-6-8-15(9-7-14)23-11-10-20(12-16(18)21)13-17(19)22;3-2(4,5)1-6/h6-9H,2-5,10-13H2,1H3,(H2,18,21)(H2,19,22);1H. The topological polar surface area (TPSA) is 116 Å². The minimum Gasteiger partial charge on any atom is -0.492 e. The van der Waals surface area contributed by atoms with E-state index in [4.69, 9.17) is 21.0 Å². The number of unbranched alkanes of at least 4 members (excludes halogenated alkanes) is 2. The Hall–Kier alpha value is -2.62. The lowest BCUT2D eigenvalue weighted by Gasteiger charge is -2.19. The Bertz CT molecular complexity index is 606. The molecule has 10 heteroatoms. The average Bonchev–Trinajstić information content (AvgIpc) is 2.62. The van der Waals surface area contributed by atoms with Crippen LogP contribution in [-0.4, -0.2) is 55.4 Å².